The Balaban J connectivity index is 2.22. The van der Waals surface area contributed by atoms with Crippen LogP contribution in [0.3, 0.4) is 0 Å². The number of piperazine rings is 1. The van der Waals surface area contributed by atoms with Crippen molar-refractivity contribution in [2.45, 2.75) is 25.6 Å². The zero-order chi connectivity index (χ0) is 13.1. The van der Waals surface area contributed by atoms with Crippen LogP contribution in [-0.4, -0.2) is 59.1 Å². The van der Waals surface area contributed by atoms with Crippen LogP contribution in [-0.2, 0) is 6.54 Å². The maximum absolute atomic E-state index is 5.78. The number of nitrogens with one attached hydrogen (secondary N) is 1. The lowest BCUT2D eigenvalue weighted by atomic mass is 10.0. The van der Waals surface area contributed by atoms with Gasteiger partial charge in [-0.05, 0) is 21.0 Å². The summed E-state index contributed by atoms with van der Waals surface area (Å²) < 4.78 is 2.15. The zero-order valence-corrected chi connectivity index (χ0v) is 11.5. The normalized spacial score (nSPS) is 24.3. The first-order valence-electron chi connectivity index (χ1n) is 6.53. The average Bonchev–Trinajstić information content (AvgIpc) is 2.83. The summed E-state index contributed by atoms with van der Waals surface area (Å²) in [5.74, 6) is 6.80. The van der Waals surface area contributed by atoms with Gasteiger partial charge >= 0.3 is 0 Å². The smallest absolute Gasteiger partial charge is 0.128 e. The third-order valence-electron chi connectivity index (χ3n) is 3.83. The minimum absolute atomic E-state index is 0.0627. The van der Waals surface area contributed by atoms with Crippen molar-refractivity contribution in [1.29, 1.82) is 0 Å². The quantitative estimate of drug-likeness (QED) is 0.567. The van der Waals surface area contributed by atoms with Crippen LogP contribution in [0.5, 0.6) is 0 Å². The molecule has 0 bridgehead atoms. The number of hydrogen-bond acceptors (Lipinski definition) is 5. The first kappa shape index (κ1) is 13.5. The van der Waals surface area contributed by atoms with E-state index in [0.29, 0.717) is 6.04 Å². The van der Waals surface area contributed by atoms with Gasteiger partial charge < -0.3 is 9.47 Å². The van der Waals surface area contributed by atoms with Crippen molar-refractivity contribution in [2.75, 3.05) is 33.7 Å². The van der Waals surface area contributed by atoms with E-state index in [1.165, 1.54) is 0 Å². The van der Waals surface area contributed by atoms with Crippen LogP contribution in [0.4, 0.5) is 0 Å². The highest BCUT2D eigenvalue weighted by Gasteiger charge is 2.32. The Morgan fingerprint density at radius 1 is 1.50 bits per heavy atom. The van der Waals surface area contributed by atoms with Crippen molar-refractivity contribution in [3.8, 4) is 0 Å². The molecule has 18 heavy (non-hydrogen) atoms. The maximum Gasteiger partial charge on any atom is 0.128 e. The molecule has 2 unspecified atom stereocenters. The number of aryl methyl sites for hydroxylation is 1. The minimum Gasteiger partial charge on any atom is -0.334 e. The molecule has 6 nitrogen and oxygen atoms in total. The Bertz CT molecular complexity index is 376. The largest absolute Gasteiger partial charge is 0.334 e. The van der Waals surface area contributed by atoms with E-state index in [1.807, 2.05) is 12.4 Å². The second-order valence-electron chi connectivity index (χ2n) is 5.03. The topological polar surface area (TPSA) is 62.4 Å². The number of nitrogens with two attached hydrogens (primary N) is 1. The van der Waals surface area contributed by atoms with Crippen LogP contribution in [0.25, 0.3) is 0 Å². The molecule has 1 saturated heterocycles. The fraction of sp³-hybridized carbons (Fsp3) is 0.750. The highest BCUT2D eigenvalue weighted by Crippen LogP contribution is 2.21. The molecule has 1 aliphatic heterocycles. The summed E-state index contributed by atoms with van der Waals surface area (Å²) >= 11 is 0. The van der Waals surface area contributed by atoms with Crippen LogP contribution in [0.2, 0.25) is 0 Å². The molecule has 2 rings (SSSR count). The molecule has 0 amide bonds. The van der Waals surface area contributed by atoms with Crippen LogP contribution >= 0.6 is 0 Å². The van der Waals surface area contributed by atoms with Gasteiger partial charge in [-0.3, -0.25) is 10.7 Å². The van der Waals surface area contributed by atoms with E-state index < -0.39 is 0 Å². The Labute approximate surface area is 109 Å². The Morgan fingerprint density at radius 2 is 2.28 bits per heavy atom. The summed E-state index contributed by atoms with van der Waals surface area (Å²) in [6.45, 7) is 6.20. The monoisotopic (exact) mass is 252 g/mol. The lowest BCUT2D eigenvalue weighted by molar-refractivity contribution is 0.0844. The molecule has 2 heterocycles. The molecular weight excluding hydrogens is 228 g/mol. The van der Waals surface area contributed by atoms with Crippen LogP contribution in [0.15, 0.2) is 12.4 Å². The molecule has 0 radical (unpaired) electrons. The standard InChI is InChI=1S/C12H24N6/c1-4-18-6-5-14-12(18)11(15-13)10-9-16(2)7-8-17(10)3/h5-6,10-11,15H,4,7-9,13H2,1-3H3. The van der Waals surface area contributed by atoms with Gasteiger partial charge in [0.05, 0.1) is 6.04 Å². The molecule has 3 N–H and O–H groups in total. The summed E-state index contributed by atoms with van der Waals surface area (Å²) in [6.07, 6.45) is 3.85. The lowest BCUT2D eigenvalue weighted by Crippen LogP contribution is -2.56. The van der Waals surface area contributed by atoms with E-state index in [1.54, 1.807) is 0 Å². The zero-order valence-electron chi connectivity index (χ0n) is 11.5. The van der Waals surface area contributed by atoms with E-state index in [0.717, 1.165) is 32.0 Å². The Morgan fingerprint density at radius 3 is 2.94 bits per heavy atom. The molecule has 1 aromatic heterocycles. The van der Waals surface area contributed by atoms with Gasteiger partial charge in [0.2, 0.25) is 0 Å². The molecule has 0 saturated carbocycles. The molecule has 2 atom stereocenters. The SMILES string of the molecule is CCn1ccnc1C(NN)C1CN(C)CCN1C. The number of hydrazine groups is 1. The fourth-order valence-corrected chi connectivity index (χ4v) is 2.63. The van der Waals surface area contributed by atoms with Gasteiger partial charge in [-0.15, -0.1) is 0 Å². The molecule has 0 aromatic carbocycles. The Hall–Kier alpha value is -0.950. The average molecular weight is 252 g/mol. The van der Waals surface area contributed by atoms with E-state index in [4.69, 9.17) is 5.84 Å². The second-order valence-corrected chi connectivity index (χ2v) is 5.03. The summed E-state index contributed by atoms with van der Waals surface area (Å²) in [7, 11) is 4.31. The molecule has 1 fully saturated rings. The van der Waals surface area contributed by atoms with Crippen molar-refractivity contribution >= 4 is 0 Å². The summed E-state index contributed by atoms with van der Waals surface area (Å²) in [6, 6.07) is 0.411. The van der Waals surface area contributed by atoms with Crippen LogP contribution in [0, 0.1) is 0 Å². The molecule has 1 aliphatic rings. The number of nitrogens with zero attached hydrogens (tertiary/aromatic N) is 4. The fourth-order valence-electron chi connectivity index (χ4n) is 2.63. The number of imidazole rings is 1. The number of rotatable bonds is 4. The molecular formula is C12H24N6. The first-order valence-corrected chi connectivity index (χ1v) is 6.53. The van der Waals surface area contributed by atoms with Crippen molar-refractivity contribution in [1.82, 2.24) is 24.8 Å². The molecule has 1 aromatic rings. The summed E-state index contributed by atoms with van der Waals surface area (Å²) in [5.41, 5.74) is 2.95. The van der Waals surface area contributed by atoms with Crippen molar-refractivity contribution in [2.24, 2.45) is 5.84 Å². The minimum atomic E-state index is 0.0627. The lowest BCUT2D eigenvalue weighted by Gasteiger charge is -2.41. The molecule has 0 spiro atoms. The van der Waals surface area contributed by atoms with Gasteiger partial charge in [0.25, 0.3) is 0 Å². The third kappa shape index (κ3) is 2.56. The van der Waals surface area contributed by atoms with Crippen LogP contribution in [0.1, 0.15) is 18.8 Å². The van der Waals surface area contributed by atoms with Crippen LogP contribution < -0.4 is 11.3 Å². The van der Waals surface area contributed by atoms with Gasteiger partial charge in [-0.2, -0.15) is 0 Å². The summed E-state index contributed by atoms with van der Waals surface area (Å²) in [5, 5.41) is 0. The molecule has 6 heteroatoms. The Kier molecular flexibility index (Phi) is 4.34. The van der Waals surface area contributed by atoms with E-state index in [-0.39, 0.29) is 6.04 Å². The van der Waals surface area contributed by atoms with Gasteiger partial charge in [-0.1, -0.05) is 0 Å². The van der Waals surface area contributed by atoms with Gasteiger partial charge in [0.15, 0.2) is 0 Å². The predicted octanol–water partition coefficient (Wildman–Crippen LogP) is -0.347. The highest BCUT2D eigenvalue weighted by atomic mass is 15.3. The van der Waals surface area contributed by atoms with Crippen molar-refractivity contribution in [3.05, 3.63) is 18.2 Å². The summed E-state index contributed by atoms with van der Waals surface area (Å²) in [4.78, 5) is 9.17. The number of hydrogen-bond donors (Lipinski definition) is 2. The molecule has 0 aliphatic carbocycles. The molecule has 102 valence electrons. The van der Waals surface area contributed by atoms with Crippen molar-refractivity contribution < 1.29 is 0 Å². The number of likely N-dealkylation sites (N-methyl/N-ethyl adjacent to an activating group) is 2. The van der Waals surface area contributed by atoms with E-state index >= 15 is 0 Å². The third-order valence-corrected chi connectivity index (χ3v) is 3.83. The van der Waals surface area contributed by atoms with E-state index in [9.17, 15) is 0 Å². The van der Waals surface area contributed by atoms with Gasteiger partial charge in [-0.25, -0.2) is 10.4 Å². The predicted molar refractivity (Wildman–Crippen MR) is 71.9 cm³/mol. The van der Waals surface area contributed by atoms with Gasteiger partial charge in [0.1, 0.15) is 5.82 Å². The van der Waals surface area contributed by atoms with Gasteiger partial charge in [0, 0.05) is 44.6 Å². The number of aromatic nitrogens is 2. The maximum atomic E-state index is 5.78. The second kappa shape index (κ2) is 5.79. The first-order chi connectivity index (χ1) is 8.67. The van der Waals surface area contributed by atoms with Crippen molar-refractivity contribution in [3.63, 3.8) is 0 Å². The highest BCUT2D eigenvalue weighted by molar-refractivity contribution is 5.05. The van der Waals surface area contributed by atoms with E-state index in [2.05, 4.69) is 45.8 Å².